The molecule has 0 amide bonds. The van der Waals surface area contributed by atoms with Gasteiger partial charge >= 0.3 is 0 Å². The van der Waals surface area contributed by atoms with Crippen LogP contribution in [0.4, 0.5) is 0 Å². The number of nitrogens with zero attached hydrogens (tertiary/aromatic N) is 1. The Labute approximate surface area is 92.2 Å². The second-order valence-corrected chi connectivity index (χ2v) is 4.46. The van der Waals surface area contributed by atoms with Crippen LogP contribution in [-0.2, 0) is 0 Å². The number of likely N-dealkylation sites (N-methyl/N-ethyl adjacent to an activating group) is 1. The third kappa shape index (κ3) is 2.83. The van der Waals surface area contributed by atoms with E-state index in [1.54, 1.807) is 12.5 Å². The minimum atomic E-state index is 0.251. The van der Waals surface area contributed by atoms with Crippen molar-refractivity contribution in [2.45, 2.75) is 32.9 Å². The molecule has 0 radical (unpaired) electrons. The topological polar surface area (TPSA) is 42.4 Å². The van der Waals surface area contributed by atoms with Crippen LogP contribution in [0.1, 0.15) is 32.4 Å². The van der Waals surface area contributed by atoms with Crippen molar-refractivity contribution in [3.8, 4) is 0 Å². The average molecular weight is 210 g/mol. The fraction of sp³-hybridized carbons (Fsp3) is 0.667. The van der Waals surface area contributed by atoms with Crippen molar-refractivity contribution in [3.05, 3.63) is 24.2 Å². The van der Waals surface area contributed by atoms with E-state index >= 15 is 0 Å². The van der Waals surface area contributed by atoms with Crippen molar-refractivity contribution in [1.29, 1.82) is 0 Å². The van der Waals surface area contributed by atoms with Crippen LogP contribution in [0.3, 0.4) is 0 Å². The van der Waals surface area contributed by atoms with Crippen LogP contribution < -0.4 is 5.73 Å². The number of nitrogens with two attached hydrogens (primary N) is 1. The minimum Gasteiger partial charge on any atom is -0.472 e. The van der Waals surface area contributed by atoms with Crippen LogP contribution >= 0.6 is 0 Å². The van der Waals surface area contributed by atoms with E-state index in [0.717, 1.165) is 5.56 Å². The van der Waals surface area contributed by atoms with Gasteiger partial charge in [0.2, 0.25) is 0 Å². The van der Waals surface area contributed by atoms with Crippen LogP contribution in [0.5, 0.6) is 0 Å². The predicted octanol–water partition coefficient (Wildman–Crippen LogP) is 2.26. The van der Waals surface area contributed by atoms with Gasteiger partial charge < -0.3 is 10.2 Å². The van der Waals surface area contributed by atoms with Gasteiger partial charge in [0.25, 0.3) is 0 Å². The van der Waals surface area contributed by atoms with Crippen LogP contribution in [-0.4, -0.2) is 24.5 Å². The zero-order valence-electron chi connectivity index (χ0n) is 10.1. The average Bonchev–Trinajstić information content (AvgIpc) is 2.70. The van der Waals surface area contributed by atoms with Crippen molar-refractivity contribution in [1.82, 2.24) is 4.90 Å². The Morgan fingerprint density at radius 1 is 1.40 bits per heavy atom. The molecule has 0 aliphatic rings. The largest absolute Gasteiger partial charge is 0.472 e. The van der Waals surface area contributed by atoms with E-state index in [-0.39, 0.29) is 6.04 Å². The summed E-state index contributed by atoms with van der Waals surface area (Å²) < 4.78 is 5.11. The predicted molar refractivity (Wildman–Crippen MR) is 62.6 cm³/mol. The monoisotopic (exact) mass is 210 g/mol. The van der Waals surface area contributed by atoms with Gasteiger partial charge in [0.05, 0.1) is 18.6 Å². The Kier molecular flexibility index (Phi) is 4.36. The molecule has 0 saturated carbocycles. The highest BCUT2D eigenvalue weighted by molar-refractivity contribution is 5.12. The van der Waals surface area contributed by atoms with Gasteiger partial charge in [-0.3, -0.25) is 4.90 Å². The lowest BCUT2D eigenvalue weighted by molar-refractivity contribution is 0.151. The highest BCUT2D eigenvalue weighted by Crippen LogP contribution is 2.23. The number of furan rings is 1. The van der Waals surface area contributed by atoms with Crippen LogP contribution in [0.15, 0.2) is 23.0 Å². The van der Waals surface area contributed by atoms with Crippen molar-refractivity contribution in [3.63, 3.8) is 0 Å². The standard InChI is InChI=1S/C12H22N2O/c1-9(2)10(3)14(4)12(7-13)11-5-6-15-8-11/h5-6,8-10,12H,7,13H2,1-4H3. The van der Waals surface area contributed by atoms with Crippen LogP contribution in [0.2, 0.25) is 0 Å². The number of hydrogen-bond donors (Lipinski definition) is 1. The van der Waals surface area contributed by atoms with Crippen LogP contribution in [0.25, 0.3) is 0 Å². The molecule has 0 spiro atoms. The first-order chi connectivity index (χ1) is 7.07. The Bertz CT molecular complexity index is 269. The fourth-order valence-electron chi connectivity index (χ4n) is 1.76. The Balaban J connectivity index is 2.75. The highest BCUT2D eigenvalue weighted by atomic mass is 16.3. The molecule has 15 heavy (non-hydrogen) atoms. The molecule has 0 aromatic carbocycles. The van der Waals surface area contributed by atoms with E-state index in [4.69, 9.17) is 10.2 Å². The molecule has 0 aliphatic carbocycles. The SMILES string of the molecule is CC(C)C(C)N(C)C(CN)c1ccoc1. The maximum Gasteiger partial charge on any atom is 0.0950 e. The molecule has 0 saturated heterocycles. The van der Waals surface area contributed by atoms with Gasteiger partial charge in [0, 0.05) is 18.2 Å². The summed E-state index contributed by atoms with van der Waals surface area (Å²) in [6, 6.07) is 2.75. The Morgan fingerprint density at radius 3 is 2.47 bits per heavy atom. The molecule has 2 atom stereocenters. The van der Waals surface area contributed by atoms with Gasteiger partial charge in [-0.05, 0) is 26.0 Å². The summed E-state index contributed by atoms with van der Waals surface area (Å²) in [6.45, 7) is 7.30. The van der Waals surface area contributed by atoms with Gasteiger partial charge in [-0.15, -0.1) is 0 Å². The maximum absolute atomic E-state index is 5.82. The first-order valence-electron chi connectivity index (χ1n) is 5.52. The van der Waals surface area contributed by atoms with Gasteiger partial charge in [0.1, 0.15) is 0 Å². The number of hydrogen-bond acceptors (Lipinski definition) is 3. The third-order valence-electron chi connectivity index (χ3n) is 3.25. The normalized spacial score (nSPS) is 15.9. The summed E-state index contributed by atoms with van der Waals surface area (Å²) in [4.78, 5) is 2.32. The summed E-state index contributed by atoms with van der Waals surface area (Å²) in [5, 5.41) is 0. The smallest absolute Gasteiger partial charge is 0.0950 e. The molecule has 3 heteroatoms. The fourth-order valence-corrected chi connectivity index (χ4v) is 1.76. The van der Waals surface area contributed by atoms with E-state index < -0.39 is 0 Å². The highest BCUT2D eigenvalue weighted by Gasteiger charge is 2.22. The molecule has 0 bridgehead atoms. The summed E-state index contributed by atoms with van der Waals surface area (Å²) >= 11 is 0. The van der Waals surface area contributed by atoms with E-state index in [1.165, 1.54) is 0 Å². The van der Waals surface area contributed by atoms with E-state index in [1.807, 2.05) is 6.07 Å². The van der Waals surface area contributed by atoms with E-state index in [9.17, 15) is 0 Å². The van der Waals surface area contributed by atoms with E-state index in [0.29, 0.717) is 18.5 Å². The minimum absolute atomic E-state index is 0.251. The van der Waals surface area contributed by atoms with Gasteiger partial charge in [-0.2, -0.15) is 0 Å². The third-order valence-corrected chi connectivity index (χ3v) is 3.25. The molecule has 3 nitrogen and oxygen atoms in total. The first-order valence-corrected chi connectivity index (χ1v) is 5.52. The zero-order chi connectivity index (χ0) is 11.4. The lowest BCUT2D eigenvalue weighted by Gasteiger charge is -2.34. The second kappa shape index (κ2) is 5.33. The van der Waals surface area contributed by atoms with Crippen molar-refractivity contribution < 1.29 is 4.42 Å². The molecule has 1 heterocycles. The lowest BCUT2D eigenvalue weighted by Crippen LogP contribution is -2.39. The molecular formula is C12H22N2O. The Morgan fingerprint density at radius 2 is 2.07 bits per heavy atom. The molecule has 0 aliphatic heterocycles. The summed E-state index contributed by atoms with van der Waals surface area (Å²) in [7, 11) is 2.12. The van der Waals surface area contributed by atoms with E-state index in [2.05, 4.69) is 32.7 Å². The number of rotatable bonds is 5. The molecule has 86 valence electrons. The van der Waals surface area contributed by atoms with Crippen molar-refractivity contribution >= 4 is 0 Å². The summed E-state index contributed by atoms with van der Waals surface area (Å²) in [6.07, 6.45) is 3.48. The Hall–Kier alpha value is -0.800. The molecular weight excluding hydrogens is 188 g/mol. The first kappa shape index (κ1) is 12.3. The quantitative estimate of drug-likeness (QED) is 0.810. The molecule has 2 unspecified atom stereocenters. The summed E-state index contributed by atoms with van der Waals surface area (Å²) in [5.41, 5.74) is 6.98. The molecule has 1 rings (SSSR count). The van der Waals surface area contributed by atoms with Crippen molar-refractivity contribution in [2.75, 3.05) is 13.6 Å². The summed E-state index contributed by atoms with van der Waals surface area (Å²) in [5.74, 6) is 0.621. The molecule has 1 aromatic rings. The van der Waals surface area contributed by atoms with Crippen LogP contribution in [0, 0.1) is 5.92 Å². The lowest BCUT2D eigenvalue weighted by atomic mass is 10.0. The zero-order valence-corrected chi connectivity index (χ0v) is 10.1. The van der Waals surface area contributed by atoms with Gasteiger partial charge in [-0.25, -0.2) is 0 Å². The second-order valence-electron chi connectivity index (χ2n) is 4.46. The van der Waals surface area contributed by atoms with Crippen molar-refractivity contribution in [2.24, 2.45) is 11.7 Å². The molecule has 2 N–H and O–H groups in total. The molecule has 1 aromatic heterocycles. The van der Waals surface area contributed by atoms with Gasteiger partial charge in [-0.1, -0.05) is 13.8 Å². The maximum atomic E-state index is 5.82. The molecule has 0 fully saturated rings. The van der Waals surface area contributed by atoms with Gasteiger partial charge in [0.15, 0.2) is 0 Å².